The summed E-state index contributed by atoms with van der Waals surface area (Å²) in [5, 5.41) is 5.72. The minimum absolute atomic E-state index is 0.0497. The van der Waals surface area contributed by atoms with Crippen molar-refractivity contribution in [1.82, 2.24) is 9.80 Å². The maximum absolute atomic E-state index is 12.5. The zero-order valence-corrected chi connectivity index (χ0v) is 13.6. The Morgan fingerprint density at radius 1 is 1.05 bits per heavy atom. The maximum atomic E-state index is 12.5. The molecule has 0 spiro atoms. The van der Waals surface area contributed by atoms with Crippen molar-refractivity contribution < 1.29 is 9.59 Å². The molecule has 0 unspecified atom stereocenters. The number of nitrogens with zero attached hydrogens (tertiary/aromatic N) is 2. The number of urea groups is 1. The van der Waals surface area contributed by atoms with Crippen molar-refractivity contribution in [1.29, 1.82) is 0 Å². The second-order valence-corrected chi connectivity index (χ2v) is 7.00. The Balaban J connectivity index is 1.47. The lowest BCUT2D eigenvalue weighted by molar-refractivity contribution is -0.137. The summed E-state index contributed by atoms with van der Waals surface area (Å²) in [4.78, 5) is 28.5. The van der Waals surface area contributed by atoms with Crippen LogP contribution in [0.3, 0.4) is 0 Å². The highest BCUT2D eigenvalue weighted by Gasteiger charge is 2.30. The molecule has 2 fully saturated rings. The van der Waals surface area contributed by atoms with Crippen LogP contribution in [0.1, 0.15) is 32.1 Å². The van der Waals surface area contributed by atoms with E-state index in [1.165, 1.54) is 17.8 Å². The molecule has 3 amide bonds. The minimum atomic E-state index is -0.0497. The van der Waals surface area contributed by atoms with Crippen LogP contribution in [0, 0.1) is 5.92 Å². The van der Waals surface area contributed by atoms with Gasteiger partial charge in [-0.2, -0.15) is 0 Å². The van der Waals surface area contributed by atoms with Gasteiger partial charge in [0, 0.05) is 32.1 Å². The van der Waals surface area contributed by atoms with Crippen molar-refractivity contribution in [3.8, 4) is 0 Å². The third-order valence-corrected chi connectivity index (χ3v) is 5.34. The summed E-state index contributed by atoms with van der Waals surface area (Å²) in [5.41, 5.74) is 0. The second kappa shape index (κ2) is 7.13. The number of carbonyl (C=O) groups is 2. The molecule has 0 radical (unpaired) electrons. The van der Waals surface area contributed by atoms with Gasteiger partial charge in [-0.05, 0) is 49.6 Å². The number of rotatable bonds is 2. The highest BCUT2D eigenvalue weighted by molar-refractivity contribution is 7.14. The average Bonchev–Trinajstić information content (AvgIpc) is 3.08. The number of likely N-dealkylation sites (tertiary alicyclic amines) is 2. The fraction of sp³-hybridized carbons (Fsp3) is 0.625. The van der Waals surface area contributed by atoms with Gasteiger partial charge < -0.3 is 9.80 Å². The van der Waals surface area contributed by atoms with Crippen LogP contribution in [0.5, 0.6) is 0 Å². The van der Waals surface area contributed by atoms with Gasteiger partial charge in [-0.3, -0.25) is 10.1 Å². The first-order chi connectivity index (χ1) is 10.7. The van der Waals surface area contributed by atoms with Crippen molar-refractivity contribution in [2.45, 2.75) is 32.1 Å². The van der Waals surface area contributed by atoms with Crippen LogP contribution < -0.4 is 5.32 Å². The van der Waals surface area contributed by atoms with Crippen LogP contribution in [0.15, 0.2) is 17.5 Å². The fourth-order valence-corrected chi connectivity index (χ4v) is 3.84. The number of piperidine rings is 2. The zero-order chi connectivity index (χ0) is 15.4. The Bertz CT molecular complexity index is 503. The summed E-state index contributed by atoms with van der Waals surface area (Å²) >= 11 is 1.52. The highest BCUT2D eigenvalue weighted by atomic mass is 32.1. The Kier molecular flexibility index (Phi) is 4.97. The first-order valence-corrected chi connectivity index (χ1v) is 9.00. The van der Waals surface area contributed by atoms with Gasteiger partial charge in [-0.15, -0.1) is 11.3 Å². The molecule has 6 heteroatoms. The van der Waals surface area contributed by atoms with Crippen LogP contribution in [0.4, 0.5) is 9.80 Å². The Morgan fingerprint density at radius 2 is 1.77 bits per heavy atom. The summed E-state index contributed by atoms with van der Waals surface area (Å²) in [6.07, 6.45) is 5.08. The molecule has 0 aliphatic carbocycles. The van der Waals surface area contributed by atoms with Crippen LogP contribution >= 0.6 is 11.3 Å². The van der Waals surface area contributed by atoms with E-state index < -0.39 is 0 Å². The molecule has 120 valence electrons. The predicted molar refractivity (Wildman–Crippen MR) is 88.1 cm³/mol. The summed E-state index contributed by atoms with van der Waals surface area (Å²) < 4.78 is 0. The summed E-state index contributed by atoms with van der Waals surface area (Å²) in [5.74, 6) is 0.405. The zero-order valence-electron chi connectivity index (χ0n) is 12.8. The fourth-order valence-electron chi connectivity index (χ4n) is 3.24. The molecule has 3 heterocycles. The van der Waals surface area contributed by atoms with E-state index >= 15 is 0 Å². The van der Waals surface area contributed by atoms with Crippen molar-refractivity contribution in [2.24, 2.45) is 5.92 Å². The maximum Gasteiger partial charge on any atom is 0.322 e. The minimum Gasteiger partial charge on any atom is -0.342 e. The molecule has 2 saturated heterocycles. The summed E-state index contributed by atoms with van der Waals surface area (Å²) in [7, 11) is 0. The molecule has 0 bridgehead atoms. The van der Waals surface area contributed by atoms with Crippen molar-refractivity contribution in [3.63, 3.8) is 0 Å². The second-order valence-electron chi connectivity index (χ2n) is 6.05. The van der Waals surface area contributed by atoms with E-state index in [-0.39, 0.29) is 11.9 Å². The van der Waals surface area contributed by atoms with Crippen molar-refractivity contribution in [3.05, 3.63) is 17.5 Å². The molecule has 1 aromatic rings. The molecule has 3 rings (SSSR count). The van der Waals surface area contributed by atoms with E-state index in [1.54, 1.807) is 0 Å². The van der Waals surface area contributed by atoms with Crippen LogP contribution in [0.2, 0.25) is 0 Å². The van der Waals surface area contributed by atoms with Crippen molar-refractivity contribution in [2.75, 3.05) is 31.5 Å². The third-order valence-electron chi connectivity index (χ3n) is 4.55. The smallest absolute Gasteiger partial charge is 0.322 e. The van der Waals surface area contributed by atoms with E-state index in [1.807, 2.05) is 27.3 Å². The molecular formula is C16H23N3O2S. The normalized spacial score (nSPS) is 20.0. The SMILES string of the molecule is O=C(Nc1cccs1)N1CCC(C(=O)N2CCCCC2)CC1. The number of carbonyl (C=O) groups excluding carboxylic acids is 2. The summed E-state index contributed by atoms with van der Waals surface area (Å²) in [6.45, 7) is 3.17. The lowest BCUT2D eigenvalue weighted by Crippen LogP contribution is -2.46. The highest BCUT2D eigenvalue weighted by Crippen LogP contribution is 2.23. The molecule has 2 aliphatic rings. The van der Waals surface area contributed by atoms with Gasteiger partial charge in [0.25, 0.3) is 0 Å². The van der Waals surface area contributed by atoms with Crippen LogP contribution in [-0.4, -0.2) is 47.9 Å². The van der Waals surface area contributed by atoms with Crippen LogP contribution in [-0.2, 0) is 4.79 Å². The molecular weight excluding hydrogens is 298 g/mol. The van der Waals surface area contributed by atoms with E-state index in [0.717, 1.165) is 43.8 Å². The Hall–Kier alpha value is -1.56. The van der Waals surface area contributed by atoms with E-state index in [9.17, 15) is 9.59 Å². The number of nitrogens with one attached hydrogen (secondary N) is 1. The molecule has 1 N–H and O–H groups in total. The molecule has 2 aliphatic heterocycles. The lowest BCUT2D eigenvalue weighted by Gasteiger charge is -2.35. The number of anilines is 1. The first kappa shape index (κ1) is 15.3. The van der Waals surface area contributed by atoms with Gasteiger partial charge in [0.05, 0.1) is 5.00 Å². The first-order valence-electron chi connectivity index (χ1n) is 8.12. The molecule has 0 atom stereocenters. The standard InChI is InChI=1S/C16H23N3O2S/c20-15(18-8-2-1-3-9-18)13-6-10-19(11-7-13)16(21)17-14-5-4-12-22-14/h4-5,12-13H,1-3,6-11H2,(H,17,21). The number of thiophene rings is 1. The van der Waals surface area contributed by atoms with E-state index in [2.05, 4.69) is 5.32 Å². The number of hydrogen-bond acceptors (Lipinski definition) is 3. The largest absolute Gasteiger partial charge is 0.342 e. The van der Waals surface area contributed by atoms with E-state index in [4.69, 9.17) is 0 Å². The van der Waals surface area contributed by atoms with E-state index in [0.29, 0.717) is 19.0 Å². The quantitative estimate of drug-likeness (QED) is 0.910. The predicted octanol–water partition coefficient (Wildman–Crippen LogP) is 3.00. The topological polar surface area (TPSA) is 52.7 Å². The third kappa shape index (κ3) is 3.61. The molecule has 5 nitrogen and oxygen atoms in total. The van der Waals surface area contributed by atoms with Gasteiger partial charge >= 0.3 is 6.03 Å². The van der Waals surface area contributed by atoms with Gasteiger partial charge in [0.1, 0.15) is 0 Å². The average molecular weight is 321 g/mol. The number of amides is 3. The number of hydrogen-bond donors (Lipinski definition) is 1. The van der Waals surface area contributed by atoms with Crippen molar-refractivity contribution >= 4 is 28.3 Å². The van der Waals surface area contributed by atoms with Gasteiger partial charge in [0.15, 0.2) is 0 Å². The van der Waals surface area contributed by atoms with Gasteiger partial charge in [0.2, 0.25) is 5.91 Å². The molecule has 1 aromatic heterocycles. The van der Waals surface area contributed by atoms with Crippen LogP contribution in [0.25, 0.3) is 0 Å². The molecule has 0 saturated carbocycles. The van der Waals surface area contributed by atoms with Gasteiger partial charge in [-0.25, -0.2) is 4.79 Å². The molecule has 22 heavy (non-hydrogen) atoms. The summed E-state index contributed by atoms with van der Waals surface area (Å²) in [6, 6.07) is 3.77. The lowest BCUT2D eigenvalue weighted by atomic mass is 9.94. The monoisotopic (exact) mass is 321 g/mol. The van der Waals surface area contributed by atoms with Gasteiger partial charge in [-0.1, -0.05) is 0 Å². The molecule has 0 aromatic carbocycles. The Morgan fingerprint density at radius 3 is 2.41 bits per heavy atom. The Labute approximate surface area is 135 Å².